The highest BCUT2D eigenvalue weighted by molar-refractivity contribution is 7.91. The van der Waals surface area contributed by atoms with Crippen molar-refractivity contribution in [2.45, 2.75) is 31.0 Å². The Kier molecular flexibility index (Phi) is 4.16. The monoisotopic (exact) mass is 304 g/mol. The van der Waals surface area contributed by atoms with Gasteiger partial charge >= 0.3 is 0 Å². The molecule has 7 nitrogen and oxygen atoms in total. The highest BCUT2D eigenvalue weighted by Gasteiger charge is 2.31. The summed E-state index contributed by atoms with van der Waals surface area (Å²) in [6, 6.07) is 0. The molecule has 0 spiro atoms. The number of carbonyl (C=O) groups excluding carboxylic acids is 1. The number of nitrogens with one attached hydrogen (secondary N) is 1. The molecular weight excluding hydrogens is 288 g/mol. The van der Waals surface area contributed by atoms with Gasteiger partial charge in [0.15, 0.2) is 0 Å². The maximum Gasteiger partial charge on any atom is 0.272 e. The van der Waals surface area contributed by atoms with E-state index in [-0.39, 0.29) is 15.4 Å². The SMILES string of the molecule is CC(=O)Nc1nnc(S(=O)(=O)N2CCC[C@@H](C)C2)s1. The van der Waals surface area contributed by atoms with E-state index in [0.29, 0.717) is 19.0 Å². The zero-order valence-corrected chi connectivity index (χ0v) is 12.4. The molecule has 0 radical (unpaired) electrons. The van der Waals surface area contributed by atoms with Gasteiger partial charge in [-0.05, 0) is 18.8 Å². The molecule has 1 fully saturated rings. The molecule has 1 aromatic rings. The third kappa shape index (κ3) is 3.28. The molecule has 0 bridgehead atoms. The Hall–Kier alpha value is -1.06. The Morgan fingerprint density at radius 2 is 2.21 bits per heavy atom. The van der Waals surface area contributed by atoms with E-state index in [1.54, 1.807) is 0 Å². The Labute approximate surface area is 116 Å². The zero-order chi connectivity index (χ0) is 14.0. The summed E-state index contributed by atoms with van der Waals surface area (Å²) in [7, 11) is -3.58. The van der Waals surface area contributed by atoms with Gasteiger partial charge in [-0.15, -0.1) is 10.2 Å². The Bertz CT molecular complexity index is 569. The molecule has 1 aromatic heterocycles. The summed E-state index contributed by atoms with van der Waals surface area (Å²) in [6.07, 6.45) is 1.90. The lowest BCUT2D eigenvalue weighted by molar-refractivity contribution is -0.114. The highest BCUT2D eigenvalue weighted by Crippen LogP contribution is 2.26. The van der Waals surface area contributed by atoms with E-state index < -0.39 is 10.0 Å². The van der Waals surface area contributed by atoms with Crippen molar-refractivity contribution in [1.82, 2.24) is 14.5 Å². The van der Waals surface area contributed by atoms with E-state index in [9.17, 15) is 13.2 Å². The first-order chi connectivity index (χ1) is 8.89. The van der Waals surface area contributed by atoms with Crippen molar-refractivity contribution in [2.75, 3.05) is 18.4 Å². The van der Waals surface area contributed by atoms with Crippen LogP contribution in [-0.4, -0.2) is 41.9 Å². The van der Waals surface area contributed by atoms with Crippen LogP contribution in [0, 0.1) is 5.92 Å². The minimum atomic E-state index is -3.58. The molecule has 19 heavy (non-hydrogen) atoms. The second kappa shape index (κ2) is 5.51. The van der Waals surface area contributed by atoms with E-state index in [2.05, 4.69) is 15.5 Å². The number of rotatable bonds is 3. The van der Waals surface area contributed by atoms with Gasteiger partial charge in [-0.3, -0.25) is 4.79 Å². The topological polar surface area (TPSA) is 92.3 Å². The molecular formula is C10H16N4O3S2. The zero-order valence-electron chi connectivity index (χ0n) is 10.8. The maximum atomic E-state index is 12.4. The number of anilines is 1. The van der Waals surface area contributed by atoms with Gasteiger partial charge in [0.1, 0.15) is 0 Å². The van der Waals surface area contributed by atoms with Crippen LogP contribution in [0.3, 0.4) is 0 Å². The van der Waals surface area contributed by atoms with Crippen molar-refractivity contribution >= 4 is 32.4 Å². The molecule has 0 aromatic carbocycles. The van der Waals surface area contributed by atoms with Crippen LogP contribution in [0.4, 0.5) is 5.13 Å². The fourth-order valence-electron chi connectivity index (χ4n) is 1.99. The number of hydrogen-bond acceptors (Lipinski definition) is 6. The number of sulfonamides is 1. The van der Waals surface area contributed by atoms with Crippen LogP contribution >= 0.6 is 11.3 Å². The molecule has 0 unspecified atom stereocenters. The summed E-state index contributed by atoms with van der Waals surface area (Å²) in [6.45, 7) is 4.39. The van der Waals surface area contributed by atoms with Crippen LogP contribution in [0.15, 0.2) is 4.34 Å². The molecule has 1 amide bonds. The number of amides is 1. The third-order valence-corrected chi connectivity index (χ3v) is 5.92. The van der Waals surface area contributed by atoms with Gasteiger partial charge in [0.05, 0.1) is 0 Å². The van der Waals surface area contributed by atoms with Crippen LogP contribution in [0.2, 0.25) is 0 Å². The summed E-state index contributed by atoms with van der Waals surface area (Å²) in [5.74, 6) is 0.0537. The maximum absolute atomic E-state index is 12.4. The van der Waals surface area contributed by atoms with Crippen molar-refractivity contribution in [3.63, 3.8) is 0 Å². The second-order valence-electron chi connectivity index (χ2n) is 4.66. The van der Waals surface area contributed by atoms with Crippen molar-refractivity contribution < 1.29 is 13.2 Å². The van der Waals surface area contributed by atoms with Gasteiger partial charge in [0.2, 0.25) is 15.4 Å². The van der Waals surface area contributed by atoms with E-state index in [1.165, 1.54) is 11.2 Å². The van der Waals surface area contributed by atoms with Gasteiger partial charge in [-0.1, -0.05) is 18.3 Å². The van der Waals surface area contributed by atoms with Gasteiger partial charge in [-0.2, -0.15) is 4.31 Å². The minimum absolute atomic E-state index is 0.0645. The molecule has 9 heteroatoms. The summed E-state index contributed by atoms with van der Waals surface area (Å²) in [5.41, 5.74) is 0. The van der Waals surface area contributed by atoms with Crippen LogP contribution in [0.1, 0.15) is 26.7 Å². The van der Waals surface area contributed by atoms with Gasteiger partial charge in [-0.25, -0.2) is 8.42 Å². The summed E-state index contributed by atoms with van der Waals surface area (Å²) < 4.78 is 26.1. The normalized spacial score (nSPS) is 21.3. The quantitative estimate of drug-likeness (QED) is 0.838. The minimum Gasteiger partial charge on any atom is -0.301 e. The first kappa shape index (κ1) is 14.4. The fourth-order valence-corrected chi connectivity index (χ4v) is 4.67. The predicted molar refractivity (Wildman–Crippen MR) is 71.4 cm³/mol. The Balaban J connectivity index is 2.19. The van der Waals surface area contributed by atoms with Crippen LogP contribution in [0.25, 0.3) is 0 Å². The average Bonchev–Trinajstić information content (AvgIpc) is 2.77. The fraction of sp³-hybridized carbons (Fsp3) is 0.700. The van der Waals surface area contributed by atoms with Crippen LogP contribution in [0.5, 0.6) is 0 Å². The van der Waals surface area contributed by atoms with Gasteiger partial charge in [0.25, 0.3) is 10.0 Å². The standard InChI is InChI=1S/C10H16N4O3S2/c1-7-4-3-5-14(6-7)19(16,17)10-13-12-9(18-10)11-8(2)15/h7H,3-6H2,1-2H3,(H,11,12,15)/t7-/m1/s1. The Morgan fingerprint density at radius 3 is 2.84 bits per heavy atom. The van der Waals surface area contributed by atoms with Crippen molar-refractivity contribution in [1.29, 1.82) is 0 Å². The first-order valence-electron chi connectivity index (χ1n) is 6.01. The molecule has 0 saturated carbocycles. The van der Waals surface area contributed by atoms with E-state index in [1.807, 2.05) is 6.92 Å². The Morgan fingerprint density at radius 1 is 1.47 bits per heavy atom. The molecule has 2 heterocycles. The number of nitrogens with zero attached hydrogens (tertiary/aromatic N) is 3. The van der Waals surface area contributed by atoms with E-state index in [0.717, 1.165) is 24.2 Å². The van der Waals surface area contributed by atoms with Crippen molar-refractivity contribution in [3.05, 3.63) is 0 Å². The van der Waals surface area contributed by atoms with E-state index >= 15 is 0 Å². The van der Waals surface area contributed by atoms with Crippen molar-refractivity contribution in [2.24, 2.45) is 5.92 Å². The summed E-state index contributed by atoms with van der Waals surface area (Å²) >= 11 is 0.879. The summed E-state index contributed by atoms with van der Waals surface area (Å²) in [4.78, 5) is 10.9. The number of aromatic nitrogens is 2. The van der Waals surface area contributed by atoms with E-state index in [4.69, 9.17) is 0 Å². The summed E-state index contributed by atoms with van der Waals surface area (Å²) in [5, 5.41) is 9.97. The molecule has 1 saturated heterocycles. The lowest BCUT2D eigenvalue weighted by atomic mass is 10.0. The predicted octanol–water partition coefficient (Wildman–Crippen LogP) is 0.917. The van der Waals surface area contributed by atoms with Gasteiger partial charge < -0.3 is 5.32 Å². The third-order valence-electron chi connectivity index (χ3n) is 2.87. The lowest BCUT2D eigenvalue weighted by Crippen LogP contribution is -2.39. The lowest BCUT2D eigenvalue weighted by Gasteiger charge is -2.28. The molecule has 1 N–H and O–H groups in total. The second-order valence-corrected chi connectivity index (χ2v) is 7.75. The number of hydrogen-bond donors (Lipinski definition) is 1. The van der Waals surface area contributed by atoms with Crippen molar-refractivity contribution in [3.8, 4) is 0 Å². The first-order valence-corrected chi connectivity index (χ1v) is 8.26. The molecule has 106 valence electrons. The molecule has 0 aliphatic carbocycles. The number of carbonyl (C=O) groups is 1. The van der Waals surface area contributed by atoms with Crippen LogP contribution in [-0.2, 0) is 14.8 Å². The molecule has 2 rings (SSSR count). The van der Waals surface area contributed by atoms with Crippen LogP contribution < -0.4 is 5.32 Å². The molecule has 1 atom stereocenters. The highest BCUT2D eigenvalue weighted by atomic mass is 32.2. The average molecular weight is 304 g/mol. The van der Waals surface area contributed by atoms with Gasteiger partial charge in [0, 0.05) is 20.0 Å². The smallest absolute Gasteiger partial charge is 0.272 e. The molecule has 1 aliphatic heterocycles. The molecule has 1 aliphatic rings. The largest absolute Gasteiger partial charge is 0.301 e. The number of piperidine rings is 1.